The summed E-state index contributed by atoms with van der Waals surface area (Å²) >= 11 is 0. The minimum absolute atomic E-state index is 0.0600. The molecule has 0 atom stereocenters. The zero-order valence-electron chi connectivity index (χ0n) is 27.4. The molecule has 2 aromatic carbocycles. The Hall–Kier alpha value is -3.00. The van der Waals surface area contributed by atoms with Crippen molar-refractivity contribution in [2.75, 3.05) is 71.8 Å². The first kappa shape index (κ1) is 39.2. The van der Waals surface area contributed by atoms with E-state index in [0.29, 0.717) is 83.4 Å². The number of carbonyl (C=O) groups excluding carboxylic acids is 3. The van der Waals surface area contributed by atoms with Gasteiger partial charge in [0, 0.05) is 30.6 Å². The van der Waals surface area contributed by atoms with Gasteiger partial charge in [0.25, 0.3) is 0 Å². The first-order valence-electron chi connectivity index (χ1n) is 15.4. The van der Waals surface area contributed by atoms with Gasteiger partial charge in [0.1, 0.15) is 12.2 Å². The van der Waals surface area contributed by atoms with Gasteiger partial charge in [-0.05, 0) is 46.2 Å². The van der Waals surface area contributed by atoms with Gasteiger partial charge in [-0.2, -0.15) is 0 Å². The van der Waals surface area contributed by atoms with Crippen molar-refractivity contribution in [2.24, 2.45) is 0 Å². The molecule has 11 nitrogen and oxygen atoms in total. The van der Waals surface area contributed by atoms with E-state index in [4.69, 9.17) is 28.4 Å². The van der Waals surface area contributed by atoms with Crippen LogP contribution in [0.15, 0.2) is 53.4 Å². The van der Waals surface area contributed by atoms with Crippen LogP contribution >= 0.6 is 0 Å². The SMILES string of the molecule is Cc1ccc(S(=O)(=O)CCC(=O)c2ccc(C(=O)CCCOCCOCCOCCOCCOCC(=O)OC(C)(C)C)cc2)cc1. The lowest BCUT2D eigenvalue weighted by Crippen LogP contribution is -2.27. The zero-order chi connectivity index (χ0) is 33.8. The minimum Gasteiger partial charge on any atom is -0.458 e. The third kappa shape index (κ3) is 17.1. The molecule has 0 fully saturated rings. The van der Waals surface area contributed by atoms with Gasteiger partial charge in [-0.1, -0.05) is 42.0 Å². The minimum atomic E-state index is -3.55. The van der Waals surface area contributed by atoms with E-state index in [1.54, 1.807) is 69.3 Å². The highest BCUT2D eigenvalue weighted by atomic mass is 32.2. The van der Waals surface area contributed by atoms with E-state index in [1.807, 2.05) is 6.92 Å². The van der Waals surface area contributed by atoms with Crippen LogP contribution in [0.5, 0.6) is 0 Å². The van der Waals surface area contributed by atoms with Crippen LogP contribution in [-0.4, -0.2) is 103 Å². The van der Waals surface area contributed by atoms with Gasteiger partial charge in [0.05, 0.1) is 63.5 Å². The summed E-state index contributed by atoms with van der Waals surface area (Å²) in [6, 6.07) is 12.9. The molecule has 0 unspecified atom stereocenters. The van der Waals surface area contributed by atoms with Crippen LogP contribution in [0.2, 0.25) is 0 Å². The molecule has 0 bridgehead atoms. The third-order valence-electron chi connectivity index (χ3n) is 6.33. The Morgan fingerprint density at radius 2 is 1.04 bits per heavy atom. The second-order valence-corrected chi connectivity index (χ2v) is 13.6. The summed E-state index contributed by atoms with van der Waals surface area (Å²) < 4.78 is 57.1. The molecule has 0 saturated carbocycles. The number of hydrogen-bond donors (Lipinski definition) is 0. The zero-order valence-corrected chi connectivity index (χ0v) is 28.2. The molecule has 0 aliphatic rings. The van der Waals surface area contributed by atoms with E-state index in [-0.39, 0.29) is 35.2 Å². The molecule has 0 spiro atoms. The second-order valence-electron chi connectivity index (χ2n) is 11.5. The maximum absolute atomic E-state index is 12.5. The Morgan fingerprint density at radius 1 is 0.609 bits per heavy atom. The lowest BCUT2D eigenvalue weighted by molar-refractivity contribution is -0.160. The van der Waals surface area contributed by atoms with E-state index in [2.05, 4.69) is 0 Å². The number of benzene rings is 2. The molecular formula is C34H48O11S. The van der Waals surface area contributed by atoms with Crippen molar-refractivity contribution >= 4 is 27.4 Å². The van der Waals surface area contributed by atoms with Crippen molar-refractivity contribution in [1.29, 1.82) is 0 Å². The summed E-state index contributed by atoms with van der Waals surface area (Å²) in [5.74, 6) is -1.03. The number of ether oxygens (including phenoxy) is 6. The topological polar surface area (TPSA) is 141 Å². The lowest BCUT2D eigenvalue weighted by Gasteiger charge is -2.19. The van der Waals surface area contributed by atoms with Crippen LogP contribution in [-0.2, 0) is 43.1 Å². The van der Waals surface area contributed by atoms with Crippen molar-refractivity contribution in [1.82, 2.24) is 0 Å². The highest BCUT2D eigenvalue weighted by molar-refractivity contribution is 7.91. The average Bonchev–Trinajstić information content (AvgIpc) is 3.00. The normalized spacial score (nSPS) is 11.8. The number of carbonyl (C=O) groups is 3. The summed E-state index contributed by atoms with van der Waals surface area (Å²) in [5, 5.41) is 0. The van der Waals surface area contributed by atoms with Crippen molar-refractivity contribution in [3.05, 3.63) is 65.2 Å². The van der Waals surface area contributed by atoms with Crippen LogP contribution in [0.25, 0.3) is 0 Å². The number of rotatable bonds is 24. The summed E-state index contributed by atoms with van der Waals surface area (Å²) in [4.78, 5) is 36.7. The van der Waals surface area contributed by atoms with Crippen LogP contribution in [0, 0.1) is 6.92 Å². The molecule has 0 radical (unpaired) electrons. The Labute approximate surface area is 272 Å². The van der Waals surface area contributed by atoms with Crippen LogP contribution in [0.3, 0.4) is 0 Å². The monoisotopic (exact) mass is 664 g/mol. The van der Waals surface area contributed by atoms with Gasteiger partial charge in [-0.3, -0.25) is 9.59 Å². The van der Waals surface area contributed by atoms with Crippen LogP contribution < -0.4 is 0 Å². The predicted octanol–water partition coefficient (Wildman–Crippen LogP) is 4.43. The van der Waals surface area contributed by atoms with Crippen LogP contribution in [0.4, 0.5) is 0 Å². The molecule has 0 saturated heterocycles. The van der Waals surface area contributed by atoms with Gasteiger partial charge in [-0.15, -0.1) is 0 Å². The van der Waals surface area contributed by atoms with Gasteiger partial charge < -0.3 is 28.4 Å². The number of ketones is 2. The molecule has 46 heavy (non-hydrogen) atoms. The molecule has 0 heterocycles. The maximum Gasteiger partial charge on any atom is 0.332 e. The van der Waals surface area contributed by atoms with Gasteiger partial charge in [0.15, 0.2) is 21.4 Å². The molecule has 2 aromatic rings. The third-order valence-corrected chi connectivity index (χ3v) is 8.06. The largest absolute Gasteiger partial charge is 0.458 e. The van der Waals surface area contributed by atoms with Crippen molar-refractivity contribution in [3.8, 4) is 0 Å². The summed E-state index contributed by atoms with van der Waals surface area (Å²) in [5.41, 5.74) is 1.29. The van der Waals surface area contributed by atoms with Crippen molar-refractivity contribution in [2.45, 2.75) is 57.5 Å². The Balaban J connectivity index is 1.44. The van der Waals surface area contributed by atoms with Crippen LogP contribution in [0.1, 0.15) is 66.3 Å². The molecule has 12 heteroatoms. The molecular weight excluding hydrogens is 616 g/mol. The second kappa shape index (κ2) is 21.0. The smallest absolute Gasteiger partial charge is 0.332 e. The van der Waals surface area contributed by atoms with E-state index in [1.165, 1.54) is 0 Å². The van der Waals surface area contributed by atoms with E-state index < -0.39 is 21.4 Å². The number of aryl methyl sites for hydroxylation is 1. The summed E-state index contributed by atoms with van der Waals surface area (Å²) in [6.07, 6.45) is 0.712. The Kier molecular flexibility index (Phi) is 17.9. The fourth-order valence-electron chi connectivity index (χ4n) is 3.96. The number of Topliss-reactive ketones (excluding diaryl/α,β-unsaturated/α-hetero) is 2. The van der Waals surface area contributed by atoms with Gasteiger partial charge in [0.2, 0.25) is 0 Å². The number of hydrogen-bond acceptors (Lipinski definition) is 11. The predicted molar refractivity (Wildman–Crippen MR) is 172 cm³/mol. The molecule has 0 amide bonds. The quantitative estimate of drug-likeness (QED) is 0.0894. The number of sulfone groups is 1. The molecule has 0 aromatic heterocycles. The lowest BCUT2D eigenvalue weighted by atomic mass is 10.0. The van der Waals surface area contributed by atoms with E-state index >= 15 is 0 Å². The number of esters is 1. The summed E-state index contributed by atoms with van der Waals surface area (Å²) in [7, 11) is -3.55. The fraction of sp³-hybridized carbons (Fsp3) is 0.559. The first-order chi connectivity index (χ1) is 21.9. The van der Waals surface area contributed by atoms with Crippen molar-refractivity contribution in [3.63, 3.8) is 0 Å². The standard InChI is InChI=1S/C34H48O11S/c1-27-7-13-30(14-8-27)46(38,39)25-15-32(36)29-11-9-28(10-12-29)31(35)6-5-16-40-17-18-41-19-20-42-21-22-43-23-24-44-26-33(37)45-34(2,3)4/h7-14H,5-6,15-26H2,1-4H3. The Bertz CT molecular complexity index is 1300. The highest BCUT2D eigenvalue weighted by Gasteiger charge is 2.18. The first-order valence-corrected chi connectivity index (χ1v) is 17.1. The summed E-state index contributed by atoms with van der Waals surface area (Å²) in [6.45, 7) is 10.7. The molecule has 0 aliphatic carbocycles. The van der Waals surface area contributed by atoms with Gasteiger partial charge in [-0.25, -0.2) is 13.2 Å². The van der Waals surface area contributed by atoms with E-state index in [0.717, 1.165) is 5.56 Å². The van der Waals surface area contributed by atoms with E-state index in [9.17, 15) is 22.8 Å². The molecule has 2 rings (SSSR count). The Morgan fingerprint density at radius 3 is 1.52 bits per heavy atom. The van der Waals surface area contributed by atoms with Crippen molar-refractivity contribution < 1.29 is 51.2 Å². The maximum atomic E-state index is 12.5. The fourth-order valence-corrected chi connectivity index (χ4v) is 5.20. The highest BCUT2D eigenvalue weighted by Crippen LogP contribution is 2.16. The average molecular weight is 665 g/mol. The molecule has 0 N–H and O–H groups in total. The molecule has 256 valence electrons. The molecule has 0 aliphatic heterocycles. The van der Waals surface area contributed by atoms with Gasteiger partial charge >= 0.3 is 5.97 Å².